The van der Waals surface area contributed by atoms with Crippen LogP contribution < -0.4 is 5.32 Å². The quantitative estimate of drug-likeness (QED) is 0.487. The maximum atomic E-state index is 13.7. The molecule has 1 aromatic rings. The zero-order chi connectivity index (χ0) is 26.4. The van der Waals surface area contributed by atoms with Crippen molar-refractivity contribution in [3.05, 3.63) is 33.7 Å². The van der Waals surface area contributed by atoms with Crippen LogP contribution in [-0.4, -0.2) is 70.0 Å². The van der Waals surface area contributed by atoms with Crippen molar-refractivity contribution >= 4 is 35.0 Å². The Bertz CT molecular complexity index is 978. The molecule has 8 nitrogen and oxygen atoms in total. The summed E-state index contributed by atoms with van der Waals surface area (Å²) in [5.74, 6) is -0.823. The highest BCUT2D eigenvalue weighted by Crippen LogP contribution is 2.32. The third kappa shape index (κ3) is 6.75. The number of thiophene rings is 1. The van der Waals surface area contributed by atoms with Gasteiger partial charge in [-0.3, -0.25) is 19.2 Å². The van der Waals surface area contributed by atoms with Gasteiger partial charge in [-0.1, -0.05) is 6.07 Å². The van der Waals surface area contributed by atoms with E-state index in [1.807, 2.05) is 61.9 Å². The Morgan fingerprint density at radius 3 is 2.47 bits per heavy atom. The van der Waals surface area contributed by atoms with Gasteiger partial charge in [-0.15, -0.1) is 11.3 Å². The third-order valence-electron chi connectivity index (χ3n) is 6.97. The lowest BCUT2D eigenvalue weighted by molar-refractivity contribution is -0.139. The van der Waals surface area contributed by atoms with Crippen LogP contribution in [0.5, 0.6) is 0 Å². The van der Waals surface area contributed by atoms with Crippen LogP contribution in [-0.2, 0) is 25.7 Å². The molecule has 4 amide bonds. The molecule has 0 bridgehead atoms. The van der Waals surface area contributed by atoms with E-state index in [2.05, 4.69) is 5.32 Å². The molecule has 2 aliphatic heterocycles. The monoisotopic (exact) mass is 516 g/mol. The SMILES string of the molecule is CC1=C(C(=O)N(C(C)C)C(C)C)CC(CC(=O)NCc2cccs2)C(=O)N1CCCN1CCCC1=O. The van der Waals surface area contributed by atoms with E-state index in [0.29, 0.717) is 43.7 Å². The molecular weight excluding hydrogens is 476 g/mol. The first-order chi connectivity index (χ1) is 17.1. The maximum Gasteiger partial charge on any atom is 0.252 e. The highest BCUT2D eigenvalue weighted by Gasteiger charge is 2.38. The molecule has 3 rings (SSSR count). The predicted molar refractivity (Wildman–Crippen MR) is 141 cm³/mol. The molecule has 1 fully saturated rings. The van der Waals surface area contributed by atoms with Crippen molar-refractivity contribution in [2.45, 2.75) is 85.4 Å². The van der Waals surface area contributed by atoms with Crippen LogP contribution in [0, 0.1) is 5.92 Å². The normalized spacial score (nSPS) is 18.6. The van der Waals surface area contributed by atoms with E-state index in [4.69, 9.17) is 0 Å². The fourth-order valence-electron chi connectivity index (χ4n) is 5.19. The lowest BCUT2D eigenvalue weighted by Gasteiger charge is -2.38. The van der Waals surface area contributed by atoms with E-state index in [1.54, 1.807) is 16.2 Å². The number of carbonyl (C=O) groups is 4. The standard InChI is InChI=1S/C27H40N4O4S/c1-18(2)31(19(3)4)27(35)23-15-21(16-24(32)28-17-22-9-7-14-36-22)26(34)30(20(23)5)13-8-12-29-11-6-10-25(29)33/h7,9,14,18-19,21H,6,8,10-13,15-17H2,1-5H3,(H,28,32). The van der Waals surface area contributed by atoms with Crippen LogP contribution in [0.15, 0.2) is 28.8 Å². The number of carbonyl (C=O) groups excluding carboxylic acids is 4. The minimum Gasteiger partial charge on any atom is -0.351 e. The Hall–Kier alpha value is -2.68. The van der Waals surface area contributed by atoms with Crippen molar-refractivity contribution < 1.29 is 19.2 Å². The zero-order valence-corrected chi connectivity index (χ0v) is 23.0. The molecule has 1 atom stereocenters. The average Bonchev–Trinajstić information content (AvgIpc) is 3.47. The molecule has 1 unspecified atom stereocenters. The molecule has 1 saturated heterocycles. The Morgan fingerprint density at radius 1 is 1.17 bits per heavy atom. The molecular formula is C27H40N4O4S. The Labute approximate surface area is 218 Å². The van der Waals surface area contributed by atoms with E-state index in [9.17, 15) is 19.2 Å². The summed E-state index contributed by atoms with van der Waals surface area (Å²) in [6.07, 6.45) is 2.39. The van der Waals surface area contributed by atoms with E-state index in [-0.39, 0.29) is 48.6 Å². The second-order valence-corrected chi connectivity index (χ2v) is 11.3. The van der Waals surface area contributed by atoms with E-state index in [0.717, 1.165) is 17.8 Å². The predicted octanol–water partition coefficient (Wildman–Crippen LogP) is 3.53. The van der Waals surface area contributed by atoms with Crippen molar-refractivity contribution in [2.24, 2.45) is 5.92 Å². The number of hydrogen-bond donors (Lipinski definition) is 1. The number of hydrogen-bond acceptors (Lipinski definition) is 5. The minimum atomic E-state index is -0.592. The summed E-state index contributed by atoms with van der Waals surface area (Å²) in [4.78, 5) is 58.3. The van der Waals surface area contributed by atoms with Gasteiger partial charge < -0.3 is 20.0 Å². The molecule has 0 aromatic carbocycles. The van der Waals surface area contributed by atoms with Crippen molar-refractivity contribution in [2.75, 3.05) is 19.6 Å². The molecule has 1 aromatic heterocycles. The van der Waals surface area contributed by atoms with Gasteiger partial charge in [-0.05, 0) is 65.3 Å². The molecule has 36 heavy (non-hydrogen) atoms. The number of likely N-dealkylation sites (tertiary alicyclic amines) is 1. The van der Waals surface area contributed by atoms with Crippen LogP contribution in [0.3, 0.4) is 0 Å². The summed E-state index contributed by atoms with van der Waals surface area (Å²) in [5, 5.41) is 4.87. The lowest BCUT2D eigenvalue weighted by atomic mass is 9.88. The van der Waals surface area contributed by atoms with Gasteiger partial charge >= 0.3 is 0 Å². The van der Waals surface area contributed by atoms with Gasteiger partial charge in [0.1, 0.15) is 0 Å². The summed E-state index contributed by atoms with van der Waals surface area (Å²) in [7, 11) is 0. The molecule has 0 saturated carbocycles. The number of amides is 4. The summed E-state index contributed by atoms with van der Waals surface area (Å²) >= 11 is 1.57. The van der Waals surface area contributed by atoms with Gasteiger partial charge in [0.2, 0.25) is 17.7 Å². The van der Waals surface area contributed by atoms with Crippen LogP contribution in [0.25, 0.3) is 0 Å². The van der Waals surface area contributed by atoms with Crippen molar-refractivity contribution in [3.63, 3.8) is 0 Å². The lowest BCUT2D eigenvalue weighted by Crippen LogP contribution is -2.48. The van der Waals surface area contributed by atoms with Gasteiger partial charge in [0.15, 0.2) is 0 Å². The van der Waals surface area contributed by atoms with Crippen LogP contribution in [0.2, 0.25) is 0 Å². The highest BCUT2D eigenvalue weighted by molar-refractivity contribution is 7.09. The first-order valence-electron chi connectivity index (χ1n) is 13.0. The fraction of sp³-hybridized carbons (Fsp3) is 0.630. The number of rotatable bonds is 11. The molecule has 3 heterocycles. The maximum absolute atomic E-state index is 13.7. The van der Waals surface area contributed by atoms with Crippen molar-refractivity contribution in [3.8, 4) is 0 Å². The molecule has 0 spiro atoms. The Morgan fingerprint density at radius 2 is 1.89 bits per heavy atom. The van der Waals surface area contributed by atoms with Gasteiger partial charge in [0, 0.05) is 60.7 Å². The summed E-state index contributed by atoms with van der Waals surface area (Å²) < 4.78 is 0. The van der Waals surface area contributed by atoms with Gasteiger partial charge in [-0.25, -0.2) is 0 Å². The van der Waals surface area contributed by atoms with Crippen molar-refractivity contribution in [1.29, 1.82) is 0 Å². The summed E-state index contributed by atoms with van der Waals surface area (Å²) in [6.45, 7) is 12.0. The highest BCUT2D eigenvalue weighted by atomic mass is 32.1. The Balaban J connectivity index is 1.77. The molecule has 9 heteroatoms. The summed E-state index contributed by atoms with van der Waals surface area (Å²) in [5.41, 5.74) is 1.27. The van der Waals surface area contributed by atoms with Gasteiger partial charge in [-0.2, -0.15) is 0 Å². The number of allylic oxidation sites excluding steroid dienone is 1. The van der Waals surface area contributed by atoms with Crippen molar-refractivity contribution in [1.82, 2.24) is 20.0 Å². The Kier molecular flexibility index (Phi) is 9.70. The number of nitrogens with one attached hydrogen (secondary N) is 1. The second kappa shape index (κ2) is 12.5. The van der Waals surface area contributed by atoms with Crippen LogP contribution >= 0.6 is 11.3 Å². The van der Waals surface area contributed by atoms with E-state index < -0.39 is 5.92 Å². The number of nitrogens with zero attached hydrogens (tertiary/aromatic N) is 3. The first kappa shape index (κ1) is 27.9. The summed E-state index contributed by atoms with van der Waals surface area (Å²) in [6, 6.07) is 3.92. The van der Waals surface area contributed by atoms with Crippen LogP contribution in [0.4, 0.5) is 0 Å². The zero-order valence-electron chi connectivity index (χ0n) is 22.2. The molecule has 2 aliphatic rings. The van der Waals surface area contributed by atoms with E-state index >= 15 is 0 Å². The third-order valence-corrected chi connectivity index (χ3v) is 7.84. The van der Waals surface area contributed by atoms with Gasteiger partial charge in [0.25, 0.3) is 5.91 Å². The topological polar surface area (TPSA) is 90.0 Å². The minimum absolute atomic E-state index is 0.0117. The smallest absolute Gasteiger partial charge is 0.252 e. The molecule has 1 N–H and O–H groups in total. The molecule has 0 radical (unpaired) electrons. The van der Waals surface area contributed by atoms with Gasteiger partial charge in [0.05, 0.1) is 12.5 Å². The van der Waals surface area contributed by atoms with E-state index in [1.165, 1.54) is 0 Å². The first-order valence-corrected chi connectivity index (χ1v) is 13.9. The average molecular weight is 517 g/mol. The second-order valence-electron chi connectivity index (χ2n) is 10.3. The molecule has 0 aliphatic carbocycles. The fourth-order valence-corrected chi connectivity index (χ4v) is 5.83. The van der Waals surface area contributed by atoms with Crippen LogP contribution in [0.1, 0.15) is 71.6 Å². The molecule has 198 valence electrons. The largest absolute Gasteiger partial charge is 0.351 e.